The topological polar surface area (TPSA) is 164 Å². The molecule has 0 saturated carbocycles. The third-order valence-corrected chi connectivity index (χ3v) is 4.63. The lowest BCUT2D eigenvalue weighted by molar-refractivity contribution is -0.385. The molecule has 154 valence electrons. The van der Waals surface area contributed by atoms with Gasteiger partial charge in [0, 0.05) is 36.4 Å². The molecule has 3 rings (SSSR count). The monoisotopic (exact) mass is 413 g/mol. The van der Waals surface area contributed by atoms with Gasteiger partial charge in [0.25, 0.3) is 23.1 Å². The van der Waals surface area contributed by atoms with Crippen LogP contribution in [0.5, 0.6) is 0 Å². The lowest BCUT2D eigenvalue weighted by atomic mass is 9.95. The SMILES string of the molecule is O=C1C(=O)N(CCO)[C@@H](c2cccc([N+](=O)[O-])c2)/C1=C(\O)c1ccc([N+](=O)[O-])cc1. The smallest absolute Gasteiger partial charge is 0.295 e. The summed E-state index contributed by atoms with van der Waals surface area (Å²) in [6.07, 6.45) is 0. The summed E-state index contributed by atoms with van der Waals surface area (Å²) >= 11 is 0. The summed E-state index contributed by atoms with van der Waals surface area (Å²) in [5, 5.41) is 42.0. The molecule has 1 fully saturated rings. The van der Waals surface area contributed by atoms with Gasteiger partial charge in [-0.3, -0.25) is 29.8 Å². The molecule has 0 radical (unpaired) electrons. The number of amides is 1. The van der Waals surface area contributed by atoms with Crippen LogP contribution in [0.2, 0.25) is 0 Å². The second-order valence-electron chi connectivity index (χ2n) is 6.37. The van der Waals surface area contributed by atoms with Crippen LogP contribution in [0.3, 0.4) is 0 Å². The highest BCUT2D eigenvalue weighted by Gasteiger charge is 2.46. The Labute approximate surface area is 168 Å². The number of non-ortho nitro benzene ring substituents is 2. The number of nitro benzene ring substituents is 2. The number of carbonyl (C=O) groups excluding carboxylic acids is 2. The number of hydrogen-bond donors (Lipinski definition) is 2. The van der Waals surface area contributed by atoms with Crippen molar-refractivity contribution in [3.63, 3.8) is 0 Å². The molecule has 1 heterocycles. The van der Waals surface area contributed by atoms with E-state index >= 15 is 0 Å². The highest BCUT2D eigenvalue weighted by Crippen LogP contribution is 2.40. The summed E-state index contributed by atoms with van der Waals surface area (Å²) in [5.41, 5.74) is -0.596. The molecule has 2 aromatic rings. The number of aliphatic hydroxyl groups is 2. The highest BCUT2D eigenvalue weighted by atomic mass is 16.6. The molecule has 2 aromatic carbocycles. The first-order valence-corrected chi connectivity index (χ1v) is 8.64. The maximum Gasteiger partial charge on any atom is 0.295 e. The molecule has 1 amide bonds. The molecule has 0 unspecified atom stereocenters. The Morgan fingerprint density at radius 2 is 1.63 bits per heavy atom. The van der Waals surface area contributed by atoms with Gasteiger partial charge < -0.3 is 15.1 Å². The third kappa shape index (κ3) is 3.61. The fourth-order valence-electron chi connectivity index (χ4n) is 3.27. The predicted molar refractivity (Wildman–Crippen MR) is 102 cm³/mol. The molecule has 1 saturated heterocycles. The molecule has 0 spiro atoms. The predicted octanol–water partition coefficient (Wildman–Crippen LogP) is 1.92. The van der Waals surface area contributed by atoms with Crippen molar-refractivity contribution in [3.05, 3.63) is 85.5 Å². The summed E-state index contributed by atoms with van der Waals surface area (Å²) in [6, 6.07) is 8.75. The van der Waals surface area contributed by atoms with Gasteiger partial charge in [0.2, 0.25) is 0 Å². The number of Topliss-reactive ketones (excluding diaryl/α,β-unsaturated/α-hetero) is 1. The van der Waals surface area contributed by atoms with E-state index < -0.39 is 39.9 Å². The van der Waals surface area contributed by atoms with Gasteiger partial charge >= 0.3 is 0 Å². The Morgan fingerprint density at radius 3 is 2.20 bits per heavy atom. The molecule has 1 aliphatic rings. The van der Waals surface area contributed by atoms with E-state index in [1.165, 1.54) is 36.4 Å². The van der Waals surface area contributed by atoms with E-state index in [1.54, 1.807) is 0 Å². The normalized spacial score (nSPS) is 17.9. The zero-order valence-corrected chi connectivity index (χ0v) is 15.3. The lowest BCUT2D eigenvalue weighted by Crippen LogP contribution is -2.32. The van der Waals surface area contributed by atoms with Crippen molar-refractivity contribution >= 4 is 28.8 Å². The molecule has 0 bridgehead atoms. The molecular formula is C19H15N3O8. The maximum absolute atomic E-state index is 12.7. The molecule has 11 heteroatoms. The van der Waals surface area contributed by atoms with E-state index in [0.29, 0.717) is 0 Å². The lowest BCUT2D eigenvalue weighted by Gasteiger charge is -2.24. The van der Waals surface area contributed by atoms with Gasteiger partial charge in [-0.1, -0.05) is 12.1 Å². The first-order valence-electron chi connectivity index (χ1n) is 8.64. The highest BCUT2D eigenvalue weighted by molar-refractivity contribution is 6.46. The van der Waals surface area contributed by atoms with Crippen molar-refractivity contribution in [2.45, 2.75) is 6.04 Å². The van der Waals surface area contributed by atoms with Gasteiger partial charge in [-0.15, -0.1) is 0 Å². The van der Waals surface area contributed by atoms with Crippen molar-refractivity contribution in [3.8, 4) is 0 Å². The summed E-state index contributed by atoms with van der Waals surface area (Å²) in [6.45, 7) is -0.717. The van der Waals surface area contributed by atoms with Gasteiger partial charge in [-0.05, 0) is 17.7 Å². The Morgan fingerprint density at radius 1 is 1.00 bits per heavy atom. The van der Waals surface area contributed by atoms with Gasteiger partial charge in [-0.2, -0.15) is 0 Å². The zero-order valence-electron chi connectivity index (χ0n) is 15.3. The van der Waals surface area contributed by atoms with E-state index in [9.17, 15) is 40.0 Å². The van der Waals surface area contributed by atoms with Gasteiger partial charge in [0.05, 0.1) is 28.1 Å². The third-order valence-electron chi connectivity index (χ3n) is 4.63. The molecular weight excluding hydrogens is 398 g/mol. The molecule has 2 N–H and O–H groups in total. The maximum atomic E-state index is 12.7. The molecule has 1 atom stereocenters. The number of carbonyl (C=O) groups is 2. The molecule has 11 nitrogen and oxygen atoms in total. The van der Waals surface area contributed by atoms with Crippen LogP contribution >= 0.6 is 0 Å². The average molecular weight is 413 g/mol. The summed E-state index contributed by atoms with van der Waals surface area (Å²) in [4.78, 5) is 46.8. The van der Waals surface area contributed by atoms with Crippen LogP contribution in [0.1, 0.15) is 17.2 Å². The van der Waals surface area contributed by atoms with Crippen molar-refractivity contribution in [1.29, 1.82) is 0 Å². The minimum Gasteiger partial charge on any atom is -0.507 e. The fraction of sp³-hybridized carbons (Fsp3) is 0.158. The number of likely N-dealkylation sites (tertiary alicyclic amines) is 1. The minimum absolute atomic E-state index is 0.0537. The quantitative estimate of drug-likeness (QED) is 0.238. The Bertz CT molecular complexity index is 1080. The molecule has 0 aliphatic carbocycles. The van der Waals surface area contributed by atoms with Crippen LogP contribution in [0, 0.1) is 20.2 Å². The first-order chi connectivity index (χ1) is 14.3. The van der Waals surface area contributed by atoms with Crippen LogP contribution in [0.4, 0.5) is 11.4 Å². The summed E-state index contributed by atoms with van der Waals surface area (Å²) in [7, 11) is 0. The second-order valence-corrected chi connectivity index (χ2v) is 6.37. The number of β-amino-alcohol motifs (C(OH)–C–C–N with tert-alkyl or cyclic N) is 1. The van der Waals surface area contributed by atoms with E-state index in [1.807, 2.05) is 0 Å². The number of aliphatic hydroxyl groups excluding tert-OH is 2. The van der Waals surface area contributed by atoms with Crippen molar-refractivity contribution < 1.29 is 29.6 Å². The van der Waals surface area contributed by atoms with Crippen LogP contribution in [-0.2, 0) is 9.59 Å². The Kier molecular flexibility index (Phi) is 5.56. The minimum atomic E-state index is -1.17. The molecule has 0 aromatic heterocycles. The number of nitrogens with zero attached hydrogens (tertiary/aromatic N) is 3. The van der Waals surface area contributed by atoms with Gasteiger partial charge in [0.1, 0.15) is 5.76 Å². The number of rotatable bonds is 6. The molecule has 30 heavy (non-hydrogen) atoms. The Balaban J connectivity index is 2.18. The van der Waals surface area contributed by atoms with E-state index in [2.05, 4.69) is 0 Å². The summed E-state index contributed by atoms with van der Waals surface area (Å²) < 4.78 is 0. The Hall–Kier alpha value is -4.12. The van der Waals surface area contributed by atoms with E-state index in [-0.39, 0.29) is 34.6 Å². The number of benzene rings is 2. The van der Waals surface area contributed by atoms with E-state index in [0.717, 1.165) is 17.0 Å². The number of ketones is 1. The standard InChI is InChI=1S/C19H15N3O8/c23-9-8-20-16(12-2-1-3-14(10-12)22(29)30)15(18(25)19(20)26)17(24)11-4-6-13(7-5-11)21(27)28/h1-7,10,16,23-24H,8-9H2/b17-15+/t16-/m0/s1. The largest absolute Gasteiger partial charge is 0.507 e. The summed E-state index contributed by atoms with van der Waals surface area (Å²) in [5.74, 6) is -2.60. The first kappa shape index (κ1) is 20.6. The molecule has 1 aliphatic heterocycles. The van der Waals surface area contributed by atoms with Gasteiger partial charge in [0.15, 0.2) is 0 Å². The van der Waals surface area contributed by atoms with Crippen molar-refractivity contribution in [2.24, 2.45) is 0 Å². The fourth-order valence-corrected chi connectivity index (χ4v) is 3.27. The van der Waals surface area contributed by atoms with Crippen LogP contribution in [0.25, 0.3) is 5.76 Å². The average Bonchev–Trinajstić information content (AvgIpc) is 2.98. The number of hydrogen-bond acceptors (Lipinski definition) is 8. The van der Waals surface area contributed by atoms with Crippen LogP contribution < -0.4 is 0 Å². The number of nitro groups is 2. The zero-order chi connectivity index (χ0) is 22.0. The van der Waals surface area contributed by atoms with Crippen LogP contribution in [0.15, 0.2) is 54.1 Å². The van der Waals surface area contributed by atoms with E-state index in [4.69, 9.17) is 0 Å². The van der Waals surface area contributed by atoms with Crippen molar-refractivity contribution in [1.82, 2.24) is 4.90 Å². The van der Waals surface area contributed by atoms with Gasteiger partial charge in [-0.25, -0.2) is 0 Å². The van der Waals surface area contributed by atoms with Crippen molar-refractivity contribution in [2.75, 3.05) is 13.2 Å². The second kappa shape index (κ2) is 8.09. The van der Waals surface area contributed by atoms with Crippen LogP contribution in [-0.4, -0.2) is 49.8 Å².